The molecule has 0 aliphatic carbocycles. The largest absolute Gasteiger partial charge is 0.355 e. The second-order valence-corrected chi connectivity index (χ2v) is 4.73. The van der Waals surface area contributed by atoms with E-state index in [2.05, 4.69) is 20.8 Å². The third kappa shape index (κ3) is 2.82. The Bertz CT molecular complexity index is 396. The summed E-state index contributed by atoms with van der Waals surface area (Å²) < 4.78 is 4.97. The van der Waals surface area contributed by atoms with E-state index in [0.717, 1.165) is 19.5 Å². The van der Waals surface area contributed by atoms with Crippen LogP contribution >= 0.6 is 0 Å². The first-order chi connectivity index (χ1) is 8.10. The van der Waals surface area contributed by atoms with Gasteiger partial charge in [0.15, 0.2) is 5.82 Å². The number of hydrogen-bond acceptors (Lipinski definition) is 5. The molecule has 1 aliphatic rings. The first kappa shape index (κ1) is 12.0. The molecule has 6 heteroatoms. The van der Waals surface area contributed by atoms with Gasteiger partial charge in [0.2, 0.25) is 11.8 Å². The van der Waals surface area contributed by atoms with E-state index >= 15 is 0 Å². The second-order valence-electron chi connectivity index (χ2n) is 4.73. The van der Waals surface area contributed by atoms with E-state index in [9.17, 15) is 4.79 Å². The fourth-order valence-corrected chi connectivity index (χ4v) is 1.95. The fraction of sp³-hybridized carbons (Fsp3) is 0.727. The average molecular weight is 238 g/mol. The van der Waals surface area contributed by atoms with Crippen LogP contribution in [0, 0.1) is 12.3 Å². The Morgan fingerprint density at radius 1 is 1.65 bits per heavy atom. The summed E-state index contributed by atoms with van der Waals surface area (Å²) in [5, 5.41) is 9.82. The van der Waals surface area contributed by atoms with Crippen molar-refractivity contribution >= 4 is 5.91 Å². The van der Waals surface area contributed by atoms with E-state index in [1.807, 2.05) is 6.92 Å². The number of aromatic nitrogens is 2. The molecule has 1 saturated heterocycles. The minimum atomic E-state index is -0.273. The van der Waals surface area contributed by atoms with Crippen molar-refractivity contribution in [1.29, 1.82) is 0 Å². The summed E-state index contributed by atoms with van der Waals surface area (Å²) in [4.78, 5) is 16.0. The fourth-order valence-electron chi connectivity index (χ4n) is 1.95. The predicted octanol–water partition coefficient (Wildman–Crippen LogP) is 0.0363. The van der Waals surface area contributed by atoms with Crippen molar-refractivity contribution in [3.05, 3.63) is 11.7 Å². The van der Waals surface area contributed by atoms with E-state index in [0.29, 0.717) is 24.7 Å². The Morgan fingerprint density at radius 3 is 3.06 bits per heavy atom. The van der Waals surface area contributed by atoms with Gasteiger partial charge >= 0.3 is 0 Å². The lowest BCUT2D eigenvalue weighted by molar-refractivity contribution is -0.129. The van der Waals surface area contributed by atoms with Gasteiger partial charge in [-0.15, -0.1) is 0 Å². The molecule has 1 aromatic heterocycles. The molecule has 2 N–H and O–H groups in total. The summed E-state index contributed by atoms with van der Waals surface area (Å²) >= 11 is 0. The zero-order valence-electron chi connectivity index (χ0n) is 10.2. The molecule has 1 aliphatic heterocycles. The summed E-state index contributed by atoms with van der Waals surface area (Å²) in [7, 11) is 0. The predicted molar refractivity (Wildman–Crippen MR) is 61.3 cm³/mol. The lowest BCUT2D eigenvalue weighted by Gasteiger charge is -2.21. The lowest BCUT2D eigenvalue weighted by atomic mass is 9.89. The molecule has 0 radical (unpaired) electrons. The molecule has 1 unspecified atom stereocenters. The molecular formula is C11H18N4O2. The van der Waals surface area contributed by atoms with Crippen molar-refractivity contribution in [2.75, 3.05) is 19.6 Å². The van der Waals surface area contributed by atoms with Crippen LogP contribution in [0.3, 0.4) is 0 Å². The summed E-state index contributed by atoms with van der Waals surface area (Å²) in [6.07, 6.45) is 1.47. The Balaban J connectivity index is 1.77. The molecule has 2 rings (SSSR count). The molecule has 1 aromatic rings. The molecule has 1 atom stereocenters. The van der Waals surface area contributed by atoms with E-state index in [4.69, 9.17) is 4.52 Å². The lowest BCUT2D eigenvalue weighted by Crippen LogP contribution is -2.41. The normalized spacial score (nSPS) is 23.9. The number of rotatable bonds is 4. The molecule has 1 amide bonds. The number of aryl methyl sites for hydroxylation is 1. The van der Waals surface area contributed by atoms with E-state index in [1.54, 1.807) is 6.92 Å². The van der Waals surface area contributed by atoms with Crippen LogP contribution in [0.25, 0.3) is 0 Å². The van der Waals surface area contributed by atoms with Gasteiger partial charge in [-0.1, -0.05) is 5.16 Å². The number of carbonyl (C=O) groups is 1. The maximum absolute atomic E-state index is 11.9. The van der Waals surface area contributed by atoms with Gasteiger partial charge in [-0.3, -0.25) is 4.79 Å². The highest BCUT2D eigenvalue weighted by molar-refractivity contribution is 5.82. The van der Waals surface area contributed by atoms with Crippen molar-refractivity contribution in [3.8, 4) is 0 Å². The van der Waals surface area contributed by atoms with Gasteiger partial charge in [0.25, 0.3) is 0 Å². The minimum absolute atomic E-state index is 0.0961. The highest BCUT2D eigenvalue weighted by Crippen LogP contribution is 2.24. The maximum atomic E-state index is 11.9. The van der Waals surface area contributed by atoms with Gasteiger partial charge in [-0.25, -0.2) is 0 Å². The summed E-state index contributed by atoms with van der Waals surface area (Å²) in [5.74, 6) is 1.29. The molecule has 0 aromatic carbocycles. The maximum Gasteiger partial charge on any atom is 0.228 e. The summed E-state index contributed by atoms with van der Waals surface area (Å²) in [6, 6.07) is 0. The topological polar surface area (TPSA) is 80.0 Å². The second kappa shape index (κ2) is 4.83. The number of carbonyl (C=O) groups excluding carboxylic acids is 1. The van der Waals surface area contributed by atoms with Crippen LogP contribution in [0.4, 0.5) is 0 Å². The number of amides is 1. The van der Waals surface area contributed by atoms with E-state index in [-0.39, 0.29) is 11.3 Å². The minimum Gasteiger partial charge on any atom is -0.355 e. The van der Waals surface area contributed by atoms with Gasteiger partial charge in [0.1, 0.15) is 0 Å². The number of hydrogen-bond donors (Lipinski definition) is 2. The van der Waals surface area contributed by atoms with Crippen LogP contribution in [0.15, 0.2) is 4.52 Å². The Morgan fingerprint density at radius 2 is 2.47 bits per heavy atom. The van der Waals surface area contributed by atoms with Gasteiger partial charge in [0, 0.05) is 19.5 Å². The third-order valence-corrected chi connectivity index (χ3v) is 3.11. The van der Waals surface area contributed by atoms with Crippen LogP contribution in [0.2, 0.25) is 0 Å². The zero-order chi connectivity index (χ0) is 12.3. The smallest absolute Gasteiger partial charge is 0.228 e. The molecule has 6 nitrogen and oxygen atoms in total. The SMILES string of the molecule is Cc1noc(CCNC(=O)C2(C)CCNC2)n1. The summed E-state index contributed by atoms with van der Waals surface area (Å²) in [5.41, 5.74) is -0.273. The summed E-state index contributed by atoms with van der Waals surface area (Å²) in [6.45, 7) is 5.96. The van der Waals surface area contributed by atoms with Crippen molar-refractivity contribution in [2.45, 2.75) is 26.7 Å². The van der Waals surface area contributed by atoms with Gasteiger partial charge in [-0.2, -0.15) is 4.98 Å². The van der Waals surface area contributed by atoms with Crippen molar-refractivity contribution < 1.29 is 9.32 Å². The first-order valence-corrected chi connectivity index (χ1v) is 5.88. The monoisotopic (exact) mass is 238 g/mol. The molecule has 1 fully saturated rings. The van der Waals surface area contributed by atoms with Crippen LogP contribution in [-0.2, 0) is 11.2 Å². The highest BCUT2D eigenvalue weighted by atomic mass is 16.5. The molecule has 17 heavy (non-hydrogen) atoms. The average Bonchev–Trinajstić information content (AvgIpc) is 2.89. The van der Waals surface area contributed by atoms with Crippen LogP contribution in [0.1, 0.15) is 25.1 Å². The van der Waals surface area contributed by atoms with Crippen LogP contribution in [-0.4, -0.2) is 35.7 Å². The number of nitrogens with zero attached hydrogens (tertiary/aromatic N) is 2. The molecular weight excluding hydrogens is 220 g/mol. The van der Waals surface area contributed by atoms with Gasteiger partial charge < -0.3 is 15.2 Å². The number of nitrogens with one attached hydrogen (secondary N) is 2. The Labute approximate surface area is 100 Å². The standard InChI is InChI=1S/C11H18N4O2/c1-8-14-9(17-15-8)3-5-13-10(16)11(2)4-6-12-7-11/h12H,3-7H2,1-2H3,(H,13,16). The Kier molecular flexibility index (Phi) is 3.42. The molecule has 0 spiro atoms. The zero-order valence-corrected chi connectivity index (χ0v) is 10.2. The van der Waals surface area contributed by atoms with Crippen molar-refractivity contribution in [3.63, 3.8) is 0 Å². The third-order valence-electron chi connectivity index (χ3n) is 3.11. The molecule has 0 bridgehead atoms. The quantitative estimate of drug-likeness (QED) is 0.774. The van der Waals surface area contributed by atoms with Crippen molar-refractivity contribution in [1.82, 2.24) is 20.8 Å². The molecule has 2 heterocycles. The Hall–Kier alpha value is -1.43. The van der Waals surface area contributed by atoms with Gasteiger partial charge in [-0.05, 0) is 26.8 Å². The van der Waals surface area contributed by atoms with Crippen LogP contribution < -0.4 is 10.6 Å². The van der Waals surface area contributed by atoms with Crippen LogP contribution in [0.5, 0.6) is 0 Å². The first-order valence-electron chi connectivity index (χ1n) is 5.88. The van der Waals surface area contributed by atoms with Gasteiger partial charge in [0.05, 0.1) is 5.41 Å². The van der Waals surface area contributed by atoms with E-state index in [1.165, 1.54) is 0 Å². The van der Waals surface area contributed by atoms with E-state index < -0.39 is 0 Å². The van der Waals surface area contributed by atoms with Crippen molar-refractivity contribution in [2.24, 2.45) is 5.41 Å². The molecule has 0 saturated carbocycles. The molecule has 94 valence electrons. The highest BCUT2D eigenvalue weighted by Gasteiger charge is 2.35.